The third-order valence-corrected chi connectivity index (χ3v) is 7.24. The van der Waals surface area contributed by atoms with Gasteiger partial charge in [-0.3, -0.25) is 0 Å². The second-order valence-electron chi connectivity index (χ2n) is 10.4. The van der Waals surface area contributed by atoms with E-state index in [0.29, 0.717) is 40.4 Å². The maximum absolute atomic E-state index is 13.7. The summed E-state index contributed by atoms with van der Waals surface area (Å²) < 4.78 is 29.1. The maximum Gasteiger partial charge on any atom is 0.336 e. The lowest BCUT2D eigenvalue weighted by Crippen LogP contribution is -2.33. The largest absolute Gasteiger partial charge is 0.494 e. The maximum atomic E-state index is 13.7. The summed E-state index contributed by atoms with van der Waals surface area (Å²) in [6.45, 7) is 8.84. The van der Waals surface area contributed by atoms with Crippen LogP contribution in [0.3, 0.4) is 0 Å². The molecule has 44 heavy (non-hydrogen) atoms. The van der Waals surface area contributed by atoms with Crippen LogP contribution in [0.15, 0.2) is 77.3 Å². The first-order valence-corrected chi connectivity index (χ1v) is 14.7. The summed E-state index contributed by atoms with van der Waals surface area (Å²) >= 11 is 0. The topological polar surface area (TPSA) is 110 Å². The first-order valence-electron chi connectivity index (χ1n) is 14.7. The SMILES string of the molecule is CCCOc1ccc(-c2nn(-c3ccccc3)cc2C2C(C(=O)OCCOC)=C(C)NC(C)=C2C(=O)OCCOC)c(C)c1. The highest BCUT2D eigenvalue weighted by Gasteiger charge is 2.40. The third-order valence-electron chi connectivity index (χ3n) is 7.24. The molecule has 0 saturated heterocycles. The number of hydrogen-bond donors (Lipinski definition) is 1. The van der Waals surface area contributed by atoms with Gasteiger partial charge in [0.05, 0.1) is 48.3 Å². The van der Waals surface area contributed by atoms with Gasteiger partial charge < -0.3 is 29.0 Å². The van der Waals surface area contributed by atoms with Crippen LogP contribution in [-0.4, -0.2) is 69.0 Å². The molecule has 0 fully saturated rings. The Bertz CT molecular complexity index is 1480. The Hall–Kier alpha value is -4.41. The number of carbonyl (C=O) groups excluding carboxylic acids is 2. The van der Waals surface area contributed by atoms with Gasteiger partial charge >= 0.3 is 11.9 Å². The number of hydrogen-bond acceptors (Lipinski definition) is 9. The molecule has 0 radical (unpaired) electrons. The van der Waals surface area contributed by atoms with E-state index in [0.717, 1.165) is 29.0 Å². The van der Waals surface area contributed by atoms with Crippen molar-refractivity contribution in [2.24, 2.45) is 0 Å². The average Bonchev–Trinajstić information content (AvgIpc) is 3.45. The highest BCUT2D eigenvalue weighted by molar-refractivity contribution is 6.00. The zero-order chi connectivity index (χ0) is 31.6. The minimum Gasteiger partial charge on any atom is -0.494 e. The number of allylic oxidation sites excluding steroid dienone is 2. The van der Waals surface area contributed by atoms with Crippen molar-refractivity contribution in [3.8, 4) is 22.7 Å². The Morgan fingerprint density at radius 2 is 1.45 bits per heavy atom. The van der Waals surface area contributed by atoms with Crippen molar-refractivity contribution in [2.45, 2.75) is 40.0 Å². The van der Waals surface area contributed by atoms with Gasteiger partial charge in [-0.1, -0.05) is 25.1 Å². The number of carbonyl (C=O) groups is 2. The molecule has 0 unspecified atom stereocenters. The molecule has 1 N–H and O–H groups in total. The van der Waals surface area contributed by atoms with Gasteiger partial charge in [0, 0.05) is 42.9 Å². The van der Waals surface area contributed by atoms with Crippen molar-refractivity contribution in [3.05, 3.63) is 88.4 Å². The van der Waals surface area contributed by atoms with Crippen LogP contribution in [0.2, 0.25) is 0 Å². The number of benzene rings is 2. The summed E-state index contributed by atoms with van der Waals surface area (Å²) in [6, 6.07) is 15.5. The monoisotopic (exact) mass is 603 g/mol. The highest BCUT2D eigenvalue weighted by Crippen LogP contribution is 2.44. The predicted octanol–water partition coefficient (Wildman–Crippen LogP) is 5.25. The Labute approximate surface area is 258 Å². The van der Waals surface area contributed by atoms with Crippen LogP contribution in [0.5, 0.6) is 5.75 Å². The Kier molecular flexibility index (Phi) is 11.3. The van der Waals surface area contributed by atoms with Crippen LogP contribution in [0, 0.1) is 6.92 Å². The first-order chi connectivity index (χ1) is 21.3. The average molecular weight is 604 g/mol. The molecule has 3 aromatic rings. The number of esters is 2. The van der Waals surface area contributed by atoms with Gasteiger partial charge in [0.2, 0.25) is 0 Å². The number of methoxy groups -OCH3 is 2. The first kappa shape index (κ1) is 32.5. The van der Waals surface area contributed by atoms with Crippen molar-refractivity contribution < 1.29 is 33.3 Å². The van der Waals surface area contributed by atoms with Gasteiger partial charge in [0.25, 0.3) is 0 Å². The fourth-order valence-electron chi connectivity index (χ4n) is 5.17. The minimum atomic E-state index is -0.843. The van der Waals surface area contributed by atoms with Crippen molar-refractivity contribution >= 4 is 11.9 Å². The van der Waals surface area contributed by atoms with Gasteiger partial charge in [-0.25, -0.2) is 14.3 Å². The normalized spacial score (nSPS) is 13.6. The number of para-hydroxylation sites is 1. The van der Waals surface area contributed by atoms with E-state index in [1.54, 1.807) is 18.5 Å². The molecule has 10 heteroatoms. The van der Waals surface area contributed by atoms with E-state index in [-0.39, 0.29) is 26.4 Å². The lowest BCUT2D eigenvalue weighted by Gasteiger charge is -2.30. The van der Waals surface area contributed by atoms with Gasteiger partial charge in [0.1, 0.15) is 19.0 Å². The van der Waals surface area contributed by atoms with Gasteiger partial charge in [-0.05, 0) is 63.1 Å². The number of nitrogens with zero attached hydrogens (tertiary/aromatic N) is 2. The van der Waals surface area contributed by atoms with Crippen molar-refractivity contribution in [3.63, 3.8) is 0 Å². The second-order valence-corrected chi connectivity index (χ2v) is 10.4. The number of aromatic nitrogens is 2. The fourth-order valence-corrected chi connectivity index (χ4v) is 5.17. The molecule has 1 aliphatic heterocycles. The Morgan fingerprint density at radius 1 is 0.841 bits per heavy atom. The molecular formula is C34H41N3O7. The molecule has 0 atom stereocenters. The van der Waals surface area contributed by atoms with Gasteiger partial charge in [0.15, 0.2) is 0 Å². The molecule has 0 bridgehead atoms. The molecular weight excluding hydrogens is 562 g/mol. The van der Waals surface area contributed by atoms with E-state index in [1.165, 1.54) is 14.2 Å². The zero-order valence-corrected chi connectivity index (χ0v) is 26.3. The van der Waals surface area contributed by atoms with E-state index < -0.39 is 17.9 Å². The van der Waals surface area contributed by atoms with Crippen molar-refractivity contribution in [1.82, 2.24) is 15.1 Å². The molecule has 0 aliphatic carbocycles. The summed E-state index contributed by atoms with van der Waals surface area (Å²) in [4.78, 5) is 27.4. The standard InChI is InChI=1S/C34H41N3O7/c1-7-15-42-26-13-14-27(22(2)20-26)32-28(21-37(36-32)25-11-9-8-10-12-25)31-29(33(38)43-18-16-40-5)23(3)35-24(4)30(31)34(39)44-19-17-41-6/h8-14,20-21,31,35H,7,15-19H2,1-6H3. The Balaban J connectivity index is 1.94. The van der Waals surface area contributed by atoms with E-state index in [9.17, 15) is 9.59 Å². The van der Waals surface area contributed by atoms with Crippen LogP contribution in [0.4, 0.5) is 0 Å². The highest BCUT2D eigenvalue weighted by atomic mass is 16.6. The summed E-state index contributed by atoms with van der Waals surface area (Å²) in [7, 11) is 3.07. The lowest BCUT2D eigenvalue weighted by atomic mass is 9.79. The van der Waals surface area contributed by atoms with Crippen LogP contribution in [-0.2, 0) is 28.5 Å². The summed E-state index contributed by atoms with van der Waals surface area (Å²) in [6.07, 6.45) is 2.76. The lowest BCUT2D eigenvalue weighted by molar-refractivity contribution is -0.141. The number of nitrogens with one attached hydrogen (secondary N) is 1. The summed E-state index contributed by atoms with van der Waals surface area (Å²) in [5.74, 6) is -1.21. The van der Waals surface area contributed by atoms with Crippen molar-refractivity contribution in [2.75, 3.05) is 47.3 Å². The smallest absolute Gasteiger partial charge is 0.336 e. The third kappa shape index (κ3) is 7.38. The van der Waals surface area contributed by atoms with Gasteiger partial charge in [-0.2, -0.15) is 5.10 Å². The van der Waals surface area contributed by atoms with E-state index >= 15 is 0 Å². The number of aryl methyl sites for hydroxylation is 1. The van der Waals surface area contributed by atoms with E-state index in [4.69, 9.17) is 28.8 Å². The Morgan fingerprint density at radius 3 is 2.00 bits per heavy atom. The van der Waals surface area contributed by atoms with E-state index in [2.05, 4.69) is 12.2 Å². The fraction of sp³-hybridized carbons (Fsp3) is 0.382. The van der Waals surface area contributed by atoms with Crippen LogP contribution < -0.4 is 10.1 Å². The second kappa shape index (κ2) is 15.4. The molecule has 0 spiro atoms. The van der Waals surface area contributed by atoms with Crippen LogP contribution >= 0.6 is 0 Å². The van der Waals surface area contributed by atoms with Crippen LogP contribution in [0.1, 0.15) is 44.2 Å². The molecule has 2 heterocycles. The summed E-state index contributed by atoms with van der Waals surface area (Å²) in [5, 5.41) is 8.24. The van der Waals surface area contributed by atoms with Crippen molar-refractivity contribution in [1.29, 1.82) is 0 Å². The quantitative estimate of drug-likeness (QED) is 0.195. The summed E-state index contributed by atoms with van der Waals surface area (Å²) in [5.41, 5.74) is 5.59. The molecule has 1 aromatic heterocycles. The molecule has 4 rings (SSSR count). The molecule has 0 amide bonds. The molecule has 1 aliphatic rings. The molecule has 10 nitrogen and oxygen atoms in total. The number of dihydropyridines is 1. The molecule has 0 saturated carbocycles. The van der Waals surface area contributed by atoms with Gasteiger partial charge in [-0.15, -0.1) is 0 Å². The predicted molar refractivity (Wildman–Crippen MR) is 166 cm³/mol. The molecule has 234 valence electrons. The zero-order valence-electron chi connectivity index (χ0n) is 26.3. The minimum absolute atomic E-state index is 0.0591. The number of ether oxygens (including phenoxy) is 5. The van der Waals surface area contributed by atoms with E-state index in [1.807, 2.05) is 61.7 Å². The van der Waals surface area contributed by atoms with Crippen LogP contribution in [0.25, 0.3) is 16.9 Å². The molecule has 2 aromatic carbocycles. The number of rotatable bonds is 14.